The van der Waals surface area contributed by atoms with Crippen LogP contribution in [0.15, 0.2) is 103 Å². The highest BCUT2D eigenvalue weighted by Crippen LogP contribution is 2.60. The number of hydrogen-bond donors (Lipinski definition) is 0. The van der Waals surface area contributed by atoms with E-state index in [9.17, 15) is 5.26 Å². The minimum atomic E-state index is 0.271. The minimum absolute atomic E-state index is 0.271. The summed E-state index contributed by atoms with van der Waals surface area (Å²) in [5.74, 6) is 4.53. The molecule has 4 heteroatoms. The van der Waals surface area contributed by atoms with E-state index in [0.717, 1.165) is 51.1 Å². The van der Waals surface area contributed by atoms with E-state index in [1.807, 2.05) is 72.8 Å². The van der Waals surface area contributed by atoms with E-state index in [0.29, 0.717) is 17.5 Å². The Morgan fingerprint density at radius 1 is 0.548 bits per heavy atom. The van der Waals surface area contributed by atoms with Crippen molar-refractivity contribution in [1.82, 2.24) is 15.0 Å². The second-order valence-corrected chi connectivity index (χ2v) is 12.7. The molecule has 0 atom stereocenters. The van der Waals surface area contributed by atoms with Crippen LogP contribution in [0.1, 0.15) is 49.7 Å². The highest BCUT2D eigenvalue weighted by molar-refractivity contribution is 5.76. The van der Waals surface area contributed by atoms with Crippen molar-refractivity contribution in [1.29, 1.82) is 5.26 Å². The summed E-state index contributed by atoms with van der Waals surface area (Å²) in [5.41, 5.74) is 7.17. The highest BCUT2D eigenvalue weighted by atomic mass is 15.0. The van der Waals surface area contributed by atoms with E-state index >= 15 is 0 Å². The van der Waals surface area contributed by atoms with Crippen molar-refractivity contribution in [2.45, 2.75) is 43.9 Å². The van der Waals surface area contributed by atoms with Crippen molar-refractivity contribution in [3.8, 4) is 51.4 Å². The second kappa shape index (κ2) is 10.0. The first-order valence-corrected chi connectivity index (χ1v) is 15.2. The van der Waals surface area contributed by atoms with E-state index in [1.165, 1.54) is 44.1 Å². The van der Waals surface area contributed by atoms with Gasteiger partial charge in [0.05, 0.1) is 11.6 Å². The molecule has 0 saturated heterocycles. The fraction of sp³-hybridized carbons (Fsp3) is 0.263. The van der Waals surface area contributed by atoms with E-state index in [4.69, 9.17) is 15.0 Å². The van der Waals surface area contributed by atoms with Gasteiger partial charge in [0, 0.05) is 16.7 Å². The zero-order chi connectivity index (χ0) is 28.1. The summed E-state index contributed by atoms with van der Waals surface area (Å²) >= 11 is 0. The van der Waals surface area contributed by atoms with Gasteiger partial charge < -0.3 is 0 Å². The number of aromatic nitrogens is 3. The standard InChI is InChI=1S/C38H32N4/c39-24-32-20-33(38-21-25-16-26(22-38)18-27(17-25)23-38)14-15-34(32)30-12-7-13-31(19-30)37-41-35(28-8-3-1-4-9-28)40-36(42-37)29-10-5-2-6-11-29/h1-15,19-20,25-27H,16-18,21-23H2/t25-,26-,27-,38?. The first kappa shape index (κ1) is 25.1. The van der Waals surface area contributed by atoms with Gasteiger partial charge >= 0.3 is 0 Å². The Labute approximate surface area is 247 Å². The van der Waals surface area contributed by atoms with Gasteiger partial charge in [-0.15, -0.1) is 0 Å². The molecule has 0 unspecified atom stereocenters. The Kier molecular flexibility index (Phi) is 6.00. The maximum atomic E-state index is 10.3. The molecule has 4 bridgehead atoms. The zero-order valence-corrected chi connectivity index (χ0v) is 23.6. The number of nitrogens with zero attached hydrogens (tertiary/aromatic N) is 4. The molecule has 4 aliphatic carbocycles. The minimum Gasteiger partial charge on any atom is -0.208 e. The molecule has 5 aromatic rings. The number of benzene rings is 4. The lowest BCUT2D eigenvalue weighted by molar-refractivity contribution is -0.00519. The highest BCUT2D eigenvalue weighted by Gasteiger charge is 2.51. The average molecular weight is 545 g/mol. The van der Waals surface area contributed by atoms with Crippen LogP contribution in [0.3, 0.4) is 0 Å². The predicted molar refractivity (Wildman–Crippen MR) is 166 cm³/mol. The SMILES string of the molecule is N#Cc1cc(C23C[C@H]4C[C@H](C2)C[C@@H](C3)C4)ccc1-c1cccc(-c2nc(-c3ccccc3)nc(-c3ccccc3)n2)c1. The largest absolute Gasteiger partial charge is 0.208 e. The topological polar surface area (TPSA) is 62.5 Å². The first-order chi connectivity index (χ1) is 20.7. The van der Waals surface area contributed by atoms with Crippen molar-refractivity contribution in [2.75, 3.05) is 0 Å². The molecule has 4 fully saturated rings. The summed E-state index contributed by atoms with van der Waals surface area (Å²) in [6, 6.07) is 37.6. The summed E-state index contributed by atoms with van der Waals surface area (Å²) in [6.07, 6.45) is 8.15. The Morgan fingerprint density at radius 2 is 1.05 bits per heavy atom. The van der Waals surface area contributed by atoms with Crippen LogP contribution >= 0.6 is 0 Å². The van der Waals surface area contributed by atoms with Gasteiger partial charge in [-0.1, -0.05) is 91.0 Å². The third-order valence-electron chi connectivity index (χ3n) is 9.92. The quantitative estimate of drug-likeness (QED) is 0.222. The molecule has 204 valence electrons. The lowest BCUT2D eigenvalue weighted by atomic mass is 9.48. The van der Waals surface area contributed by atoms with Crippen molar-refractivity contribution in [3.05, 3.63) is 114 Å². The maximum Gasteiger partial charge on any atom is 0.164 e. The van der Waals surface area contributed by atoms with Crippen LogP contribution in [0.25, 0.3) is 45.3 Å². The third-order valence-corrected chi connectivity index (χ3v) is 9.92. The van der Waals surface area contributed by atoms with Gasteiger partial charge in [-0.05, 0) is 90.5 Å². The molecule has 42 heavy (non-hydrogen) atoms. The van der Waals surface area contributed by atoms with Crippen molar-refractivity contribution < 1.29 is 0 Å². The maximum absolute atomic E-state index is 10.3. The normalized spacial score (nSPS) is 23.9. The molecule has 0 aliphatic heterocycles. The van der Waals surface area contributed by atoms with Gasteiger partial charge in [-0.3, -0.25) is 0 Å². The van der Waals surface area contributed by atoms with Crippen LogP contribution in [0.5, 0.6) is 0 Å². The molecule has 4 nitrogen and oxygen atoms in total. The van der Waals surface area contributed by atoms with Gasteiger partial charge in [0.2, 0.25) is 0 Å². The molecule has 9 rings (SSSR count). The molecule has 0 amide bonds. The smallest absolute Gasteiger partial charge is 0.164 e. The Morgan fingerprint density at radius 3 is 1.60 bits per heavy atom. The molecule has 0 N–H and O–H groups in total. The monoisotopic (exact) mass is 544 g/mol. The van der Waals surface area contributed by atoms with E-state index in [1.54, 1.807) is 0 Å². The van der Waals surface area contributed by atoms with E-state index in [2.05, 4.69) is 36.4 Å². The van der Waals surface area contributed by atoms with Crippen LogP contribution in [0, 0.1) is 29.1 Å². The van der Waals surface area contributed by atoms with Gasteiger partial charge in [-0.2, -0.15) is 5.26 Å². The van der Waals surface area contributed by atoms with E-state index in [-0.39, 0.29) is 5.41 Å². The van der Waals surface area contributed by atoms with Crippen molar-refractivity contribution in [3.63, 3.8) is 0 Å². The van der Waals surface area contributed by atoms with Gasteiger partial charge in [0.1, 0.15) is 0 Å². The fourth-order valence-electron chi connectivity index (χ4n) is 8.45. The summed E-state index contributed by atoms with van der Waals surface area (Å²) in [7, 11) is 0. The predicted octanol–water partition coefficient (Wildman–Crippen LogP) is 8.88. The number of nitriles is 1. The van der Waals surface area contributed by atoms with Crippen molar-refractivity contribution >= 4 is 0 Å². The zero-order valence-electron chi connectivity index (χ0n) is 23.6. The fourth-order valence-corrected chi connectivity index (χ4v) is 8.45. The van der Waals surface area contributed by atoms with Gasteiger partial charge in [0.25, 0.3) is 0 Å². The number of rotatable bonds is 5. The first-order valence-electron chi connectivity index (χ1n) is 15.2. The van der Waals surface area contributed by atoms with Gasteiger partial charge in [-0.25, -0.2) is 15.0 Å². The van der Waals surface area contributed by atoms with Crippen LogP contribution in [0.2, 0.25) is 0 Å². The lowest BCUT2D eigenvalue weighted by Crippen LogP contribution is -2.48. The second-order valence-electron chi connectivity index (χ2n) is 12.7. The Hall–Kier alpha value is -4.62. The molecule has 1 heterocycles. The third kappa shape index (κ3) is 4.41. The van der Waals surface area contributed by atoms with E-state index < -0.39 is 0 Å². The molecule has 4 aliphatic rings. The molecule has 1 aromatic heterocycles. The molecule has 0 spiro atoms. The van der Waals surface area contributed by atoms with Gasteiger partial charge in [0.15, 0.2) is 17.5 Å². The van der Waals surface area contributed by atoms with Crippen LogP contribution < -0.4 is 0 Å². The molecule has 0 radical (unpaired) electrons. The Balaban J connectivity index is 1.19. The molecule has 4 aromatic carbocycles. The lowest BCUT2D eigenvalue weighted by Gasteiger charge is -2.57. The molecular weight excluding hydrogens is 512 g/mol. The van der Waals surface area contributed by atoms with Crippen LogP contribution in [-0.4, -0.2) is 15.0 Å². The van der Waals surface area contributed by atoms with Crippen LogP contribution in [-0.2, 0) is 5.41 Å². The van der Waals surface area contributed by atoms with Crippen LogP contribution in [0.4, 0.5) is 0 Å². The van der Waals surface area contributed by atoms with Crippen molar-refractivity contribution in [2.24, 2.45) is 17.8 Å². The Bertz CT molecular complexity index is 1730. The molecule has 4 saturated carbocycles. The average Bonchev–Trinajstić information content (AvgIpc) is 3.04. The summed E-state index contributed by atoms with van der Waals surface area (Å²) in [4.78, 5) is 14.6. The summed E-state index contributed by atoms with van der Waals surface area (Å²) in [6.45, 7) is 0. The summed E-state index contributed by atoms with van der Waals surface area (Å²) < 4.78 is 0. The molecular formula is C38H32N4. The summed E-state index contributed by atoms with van der Waals surface area (Å²) in [5, 5.41) is 10.3. The number of hydrogen-bond acceptors (Lipinski definition) is 4.